The van der Waals surface area contributed by atoms with E-state index in [9.17, 15) is 4.79 Å². The Kier molecular flexibility index (Phi) is 3.55. The molecule has 0 fully saturated rings. The monoisotopic (exact) mass is 222 g/mol. The van der Waals surface area contributed by atoms with Gasteiger partial charge in [-0.05, 0) is 17.7 Å². The fourth-order valence-corrected chi connectivity index (χ4v) is 1.30. The van der Waals surface area contributed by atoms with Crippen LogP contribution < -0.4 is 5.84 Å². The minimum atomic E-state index is -0.480. The summed E-state index contributed by atoms with van der Waals surface area (Å²) in [7, 11) is 0. The molecule has 88 valence electrons. The van der Waals surface area contributed by atoms with E-state index in [1.54, 1.807) is 24.3 Å². The zero-order valence-corrected chi connectivity index (χ0v) is 9.90. The van der Waals surface area contributed by atoms with Crippen LogP contribution in [0.5, 0.6) is 5.75 Å². The van der Waals surface area contributed by atoms with Crippen LogP contribution in [-0.2, 0) is 11.3 Å². The maximum atomic E-state index is 11.8. The zero-order valence-electron chi connectivity index (χ0n) is 9.90. The van der Waals surface area contributed by atoms with Crippen LogP contribution in [0, 0.1) is 5.41 Å². The Hall–Kier alpha value is -1.55. The van der Waals surface area contributed by atoms with E-state index in [-0.39, 0.29) is 11.7 Å². The lowest BCUT2D eigenvalue weighted by molar-refractivity contribution is -0.140. The van der Waals surface area contributed by atoms with Crippen molar-refractivity contribution in [3.05, 3.63) is 29.8 Å². The third-order valence-corrected chi connectivity index (χ3v) is 2.19. The van der Waals surface area contributed by atoms with Gasteiger partial charge in [-0.3, -0.25) is 9.80 Å². The van der Waals surface area contributed by atoms with E-state index in [4.69, 9.17) is 10.9 Å². The van der Waals surface area contributed by atoms with Gasteiger partial charge in [0.05, 0.1) is 6.54 Å². The van der Waals surface area contributed by atoms with Crippen LogP contribution in [-0.4, -0.2) is 16.0 Å². The third kappa shape index (κ3) is 3.24. The van der Waals surface area contributed by atoms with Crippen LogP contribution in [0.3, 0.4) is 0 Å². The highest BCUT2D eigenvalue weighted by Crippen LogP contribution is 2.17. The quantitative estimate of drug-likeness (QED) is 0.454. The Morgan fingerprint density at radius 1 is 1.31 bits per heavy atom. The molecule has 0 heterocycles. The van der Waals surface area contributed by atoms with Gasteiger partial charge >= 0.3 is 0 Å². The standard InChI is InChI=1S/C12H18N2O2/c1-12(2,3)11(16)14(13)8-9-4-6-10(15)7-5-9/h4-7,15H,8,13H2,1-3H3. The summed E-state index contributed by atoms with van der Waals surface area (Å²) in [5.41, 5.74) is 0.406. The summed E-state index contributed by atoms with van der Waals surface area (Å²) in [6.07, 6.45) is 0. The molecule has 0 saturated carbocycles. The number of nitrogens with two attached hydrogens (primary N) is 1. The highest BCUT2D eigenvalue weighted by atomic mass is 16.3. The van der Waals surface area contributed by atoms with Crippen LogP contribution in [0.2, 0.25) is 0 Å². The average molecular weight is 222 g/mol. The zero-order chi connectivity index (χ0) is 12.3. The first-order valence-electron chi connectivity index (χ1n) is 5.15. The molecule has 0 aromatic heterocycles. The fourth-order valence-electron chi connectivity index (χ4n) is 1.30. The van der Waals surface area contributed by atoms with Gasteiger partial charge in [0.1, 0.15) is 5.75 Å². The maximum Gasteiger partial charge on any atom is 0.242 e. The van der Waals surface area contributed by atoms with Gasteiger partial charge in [-0.15, -0.1) is 0 Å². The molecule has 1 amide bonds. The Labute approximate surface area is 95.6 Å². The molecule has 0 spiro atoms. The molecule has 1 aromatic rings. The molecule has 0 atom stereocenters. The second kappa shape index (κ2) is 4.53. The first kappa shape index (κ1) is 12.5. The lowest BCUT2D eigenvalue weighted by Gasteiger charge is -2.25. The third-order valence-electron chi connectivity index (χ3n) is 2.19. The van der Waals surface area contributed by atoms with Crippen molar-refractivity contribution in [1.29, 1.82) is 0 Å². The van der Waals surface area contributed by atoms with Crippen LogP contribution in [0.4, 0.5) is 0 Å². The largest absolute Gasteiger partial charge is 0.508 e. The van der Waals surface area contributed by atoms with E-state index in [0.29, 0.717) is 6.54 Å². The Bertz CT molecular complexity index is 366. The maximum absolute atomic E-state index is 11.8. The second-order valence-electron chi connectivity index (χ2n) is 4.85. The van der Waals surface area contributed by atoms with E-state index in [0.717, 1.165) is 5.56 Å². The van der Waals surface area contributed by atoms with Crippen molar-refractivity contribution in [1.82, 2.24) is 5.01 Å². The summed E-state index contributed by atoms with van der Waals surface area (Å²) < 4.78 is 0. The molecule has 0 radical (unpaired) electrons. The highest BCUT2D eigenvalue weighted by Gasteiger charge is 2.25. The highest BCUT2D eigenvalue weighted by molar-refractivity contribution is 5.80. The molecular weight excluding hydrogens is 204 g/mol. The topological polar surface area (TPSA) is 66.6 Å². The predicted molar refractivity (Wildman–Crippen MR) is 62.3 cm³/mol. The van der Waals surface area contributed by atoms with E-state index >= 15 is 0 Å². The molecule has 16 heavy (non-hydrogen) atoms. The number of aromatic hydroxyl groups is 1. The Morgan fingerprint density at radius 3 is 2.25 bits per heavy atom. The molecule has 0 bridgehead atoms. The van der Waals surface area contributed by atoms with Crippen molar-refractivity contribution in [2.75, 3.05) is 0 Å². The van der Waals surface area contributed by atoms with Gasteiger partial charge < -0.3 is 5.11 Å². The van der Waals surface area contributed by atoms with Gasteiger partial charge in [0.2, 0.25) is 5.91 Å². The summed E-state index contributed by atoms with van der Waals surface area (Å²) in [5.74, 6) is 5.79. The molecule has 0 aliphatic rings. The number of phenolic OH excluding ortho intramolecular Hbond substituents is 1. The fraction of sp³-hybridized carbons (Fsp3) is 0.417. The molecule has 0 aliphatic carbocycles. The summed E-state index contributed by atoms with van der Waals surface area (Å²) in [4.78, 5) is 11.8. The van der Waals surface area contributed by atoms with Crippen molar-refractivity contribution in [3.8, 4) is 5.75 Å². The number of hydrazine groups is 1. The smallest absolute Gasteiger partial charge is 0.242 e. The summed E-state index contributed by atoms with van der Waals surface area (Å²) in [6, 6.07) is 6.63. The van der Waals surface area contributed by atoms with Crippen LogP contribution in [0.25, 0.3) is 0 Å². The molecule has 0 unspecified atom stereocenters. The van der Waals surface area contributed by atoms with Gasteiger partial charge in [0.25, 0.3) is 0 Å². The minimum absolute atomic E-state index is 0.111. The molecule has 1 aromatic carbocycles. The number of nitrogens with zero attached hydrogens (tertiary/aromatic N) is 1. The van der Waals surface area contributed by atoms with E-state index in [1.807, 2.05) is 20.8 Å². The number of hydrogen-bond acceptors (Lipinski definition) is 3. The van der Waals surface area contributed by atoms with Gasteiger partial charge in [-0.1, -0.05) is 32.9 Å². The molecule has 0 aliphatic heterocycles. The number of phenols is 1. The van der Waals surface area contributed by atoms with Crippen molar-refractivity contribution in [3.63, 3.8) is 0 Å². The summed E-state index contributed by atoms with van der Waals surface area (Å²) in [5, 5.41) is 10.3. The number of hydrogen-bond donors (Lipinski definition) is 2. The van der Waals surface area contributed by atoms with Crippen molar-refractivity contribution < 1.29 is 9.90 Å². The van der Waals surface area contributed by atoms with Crippen LogP contribution >= 0.6 is 0 Å². The number of benzene rings is 1. The first-order chi connectivity index (χ1) is 7.30. The van der Waals surface area contributed by atoms with Crippen molar-refractivity contribution >= 4 is 5.91 Å². The van der Waals surface area contributed by atoms with Gasteiger partial charge in [-0.25, -0.2) is 5.84 Å². The second-order valence-corrected chi connectivity index (χ2v) is 4.85. The van der Waals surface area contributed by atoms with Crippen LogP contribution in [0.1, 0.15) is 26.3 Å². The SMILES string of the molecule is CC(C)(C)C(=O)N(N)Cc1ccc(O)cc1. The summed E-state index contributed by atoms with van der Waals surface area (Å²) in [6.45, 7) is 5.82. The first-order valence-corrected chi connectivity index (χ1v) is 5.15. The molecule has 4 heteroatoms. The predicted octanol–water partition coefficient (Wildman–Crippen LogP) is 1.64. The average Bonchev–Trinajstić information content (AvgIpc) is 2.19. The number of amides is 1. The number of carbonyl (C=O) groups excluding carboxylic acids is 1. The molecule has 0 saturated heterocycles. The Balaban J connectivity index is 2.68. The number of rotatable bonds is 2. The van der Waals surface area contributed by atoms with Crippen molar-refractivity contribution in [2.45, 2.75) is 27.3 Å². The van der Waals surface area contributed by atoms with Crippen molar-refractivity contribution in [2.24, 2.45) is 11.3 Å². The van der Waals surface area contributed by atoms with Gasteiger partial charge in [-0.2, -0.15) is 0 Å². The molecule has 4 nitrogen and oxygen atoms in total. The lowest BCUT2D eigenvalue weighted by Crippen LogP contribution is -2.43. The van der Waals surface area contributed by atoms with Gasteiger partial charge in [0.15, 0.2) is 0 Å². The van der Waals surface area contributed by atoms with E-state index < -0.39 is 5.41 Å². The Morgan fingerprint density at radius 2 is 1.81 bits per heavy atom. The lowest BCUT2D eigenvalue weighted by atomic mass is 9.95. The number of carbonyl (C=O) groups is 1. The molecule has 3 N–H and O–H groups in total. The van der Waals surface area contributed by atoms with E-state index in [1.165, 1.54) is 5.01 Å². The summed E-state index contributed by atoms with van der Waals surface area (Å²) >= 11 is 0. The normalized spacial score (nSPS) is 11.2. The van der Waals surface area contributed by atoms with Gasteiger partial charge in [0, 0.05) is 5.41 Å². The van der Waals surface area contributed by atoms with Crippen LogP contribution in [0.15, 0.2) is 24.3 Å². The molecule has 1 rings (SSSR count). The minimum Gasteiger partial charge on any atom is -0.508 e. The van der Waals surface area contributed by atoms with E-state index in [2.05, 4.69) is 0 Å². The molecular formula is C12H18N2O2.